The molecule has 1 aliphatic carbocycles. The molecule has 4 aromatic rings. The smallest absolute Gasteiger partial charge is 0.297 e. The van der Waals surface area contributed by atoms with Gasteiger partial charge in [-0.05, 0) is 59.6 Å². The number of nitrogens with zero attached hydrogens (tertiary/aromatic N) is 6. The van der Waals surface area contributed by atoms with Crippen molar-refractivity contribution in [3.05, 3.63) is 70.7 Å². The Morgan fingerprint density at radius 1 is 1.05 bits per heavy atom. The number of benzene rings is 1. The van der Waals surface area contributed by atoms with E-state index in [0.717, 1.165) is 72.9 Å². The average Bonchev–Trinajstić information content (AvgIpc) is 3.57. The molecule has 1 saturated carbocycles. The number of nitrogens with one attached hydrogen (secondary N) is 1. The van der Waals surface area contributed by atoms with Crippen LogP contribution in [0.25, 0.3) is 22.5 Å². The molecule has 0 spiro atoms. The van der Waals surface area contributed by atoms with Crippen molar-refractivity contribution in [1.29, 1.82) is 0 Å². The SMILES string of the molecule is CCCCc1cn(C2C(=O)CCCCCC2C)c(=O)n1Cc1cnccc1-c1ccc(-c2nn[nH]n2)cc1. The molecule has 1 fully saturated rings. The van der Waals surface area contributed by atoms with Crippen molar-refractivity contribution in [3.63, 3.8) is 0 Å². The second-order valence-corrected chi connectivity index (χ2v) is 10.3. The van der Waals surface area contributed by atoms with Crippen LogP contribution in [0.15, 0.2) is 53.7 Å². The summed E-state index contributed by atoms with van der Waals surface area (Å²) in [5, 5.41) is 14.2. The first-order valence-corrected chi connectivity index (χ1v) is 13.7. The third-order valence-corrected chi connectivity index (χ3v) is 7.66. The summed E-state index contributed by atoms with van der Waals surface area (Å²) in [7, 11) is 0. The standard InChI is InChI=1S/C29H35N7O2/c1-3-4-9-24-19-36(27-20(2)8-6-5-7-10-26(27)37)29(38)35(24)18-23-17-30-16-15-25(23)21-11-13-22(14-12-21)28-31-33-34-32-28/h11-17,19-20,27H,3-10,18H2,1-2H3,(H,31,32,33,34). The quantitative estimate of drug-likeness (QED) is 0.355. The molecule has 0 saturated heterocycles. The minimum absolute atomic E-state index is 0.107. The van der Waals surface area contributed by atoms with Crippen LogP contribution in [0.1, 0.15) is 76.1 Å². The number of ketones is 1. The number of pyridine rings is 1. The van der Waals surface area contributed by atoms with Gasteiger partial charge >= 0.3 is 5.69 Å². The van der Waals surface area contributed by atoms with Gasteiger partial charge in [0.15, 0.2) is 5.78 Å². The third kappa shape index (κ3) is 5.37. The second-order valence-electron chi connectivity index (χ2n) is 10.3. The molecule has 0 radical (unpaired) electrons. The Labute approximate surface area is 222 Å². The molecule has 3 aromatic heterocycles. The highest BCUT2D eigenvalue weighted by molar-refractivity contribution is 5.83. The third-order valence-electron chi connectivity index (χ3n) is 7.66. The fraction of sp³-hybridized carbons (Fsp3) is 0.448. The summed E-state index contributed by atoms with van der Waals surface area (Å²) >= 11 is 0. The largest absolute Gasteiger partial charge is 0.329 e. The molecule has 38 heavy (non-hydrogen) atoms. The topological polar surface area (TPSA) is 111 Å². The molecular weight excluding hydrogens is 478 g/mol. The second kappa shape index (κ2) is 11.7. The van der Waals surface area contributed by atoms with E-state index in [1.54, 1.807) is 10.8 Å². The summed E-state index contributed by atoms with van der Waals surface area (Å²) in [6.07, 6.45) is 13.0. The molecular formula is C29H35N7O2. The van der Waals surface area contributed by atoms with E-state index in [2.05, 4.69) is 39.5 Å². The van der Waals surface area contributed by atoms with E-state index < -0.39 is 6.04 Å². The van der Waals surface area contributed by atoms with Crippen molar-refractivity contribution in [2.24, 2.45) is 5.92 Å². The molecule has 0 bridgehead atoms. The van der Waals surface area contributed by atoms with Crippen molar-refractivity contribution in [3.8, 4) is 22.5 Å². The number of carbonyl (C=O) groups is 1. The maximum absolute atomic E-state index is 13.9. The van der Waals surface area contributed by atoms with Crippen LogP contribution in [-0.4, -0.2) is 40.5 Å². The van der Waals surface area contributed by atoms with Crippen LogP contribution < -0.4 is 5.69 Å². The fourth-order valence-electron chi connectivity index (χ4n) is 5.56. The molecule has 1 aliphatic rings. The van der Waals surface area contributed by atoms with Crippen molar-refractivity contribution in [2.75, 3.05) is 0 Å². The van der Waals surface area contributed by atoms with Gasteiger partial charge in [0.2, 0.25) is 5.82 Å². The van der Waals surface area contributed by atoms with E-state index in [0.29, 0.717) is 18.8 Å². The van der Waals surface area contributed by atoms with Gasteiger partial charge in [0.05, 0.1) is 12.6 Å². The summed E-state index contributed by atoms with van der Waals surface area (Å²) in [6.45, 7) is 4.66. The number of carbonyl (C=O) groups excluding carboxylic acids is 1. The lowest BCUT2D eigenvalue weighted by Crippen LogP contribution is -2.35. The number of imidazole rings is 1. The summed E-state index contributed by atoms with van der Waals surface area (Å²) in [5.74, 6) is 0.863. The lowest BCUT2D eigenvalue weighted by atomic mass is 9.87. The van der Waals surface area contributed by atoms with Crippen molar-refractivity contribution in [1.82, 2.24) is 34.7 Å². The lowest BCUT2D eigenvalue weighted by molar-refractivity contribution is -0.124. The molecule has 9 nitrogen and oxygen atoms in total. The fourth-order valence-corrected chi connectivity index (χ4v) is 5.56. The highest BCUT2D eigenvalue weighted by Gasteiger charge is 2.30. The Morgan fingerprint density at radius 2 is 1.87 bits per heavy atom. The van der Waals surface area contributed by atoms with Crippen LogP contribution >= 0.6 is 0 Å². The summed E-state index contributed by atoms with van der Waals surface area (Å²) < 4.78 is 3.59. The zero-order valence-corrected chi connectivity index (χ0v) is 22.1. The molecule has 0 aliphatic heterocycles. The van der Waals surface area contributed by atoms with Crippen molar-refractivity contribution >= 4 is 5.78 Å². The normalized spacial score (nSPS) is 18.3. The van der Waals surface area contributed by atoms with Gasteiger partial charge in [0, 0.05) is 36.3 Å². The number of aryl methyl sites for hydroxylation is 1. The van der Waals surface area contributed by atoms with Gasteiger partial charge in [-0.25, -0.2) is 4.79 Å². The number of hydrogen-bond acceptors (Lipinski definition) is 6. The van der Waals surface area contributed by atoms with Gasteiger partial charge in [0.1, 0.15) is 0 Å². The summed E-state index contributed by atoms with van der Waals surface area (Å²) in [6, 6.07) is 9.54. The number of aromatic nitrogens is 7. The van der Waals surface area contributed by atoms with Gasteiger partial charge in [0.25, 0.3) is 0 Å². The molecule has 3 heterocycles. The van der Waals surface area contributed by atoms with Crippen LogP contribution in [0.5, 0.6) is 0 Å². The first-order valence-electron chi connectivity index (χ1n) is 13.7. The Kier molecular flexibility index (Phi) is 7.91. The van der Waals surface area contributed by atoms with Gasteiger partial charge in [-0.15, -0.1) is 10.2 Å². The number of Topliss-reactive ketones (excluding diaryl/α,β-unsaturated/α-hetero) is 1. The minimum Gasteiger partial charge on any atom is -0.297 e. The van der Waals surface area contributed by atoms with Crippen LogP contribution in [0.4, 0.5) is 0 Å². The molecule has 1 aromatic carbocycles. The number of rotatable bonds is 8. The maximum atomic E-state index is 13.9. The van der Waals surface area contributed by atoms with Crippen molar-refractivity contribution < 1.29 is 4.79 Å². The maximum Gasteiger partial charge on any atom is 0.329 e. The highest BCUT2D eigenvalue weighted by Crippen LogP contribution is 2.30. The van der Waals surface area contributed by atoms with E-state index in [1.165, 1.54) is 0 Å². The van der Waals surface area contributed by atoms with Gasteiger partial charge in [-0.3, -0.25) is 18.9 Å². The summed E-state index contributed by atoms with van der Waals surface area (Å²) in [4.78, 5) is 31.5. The molecule has 198 valence electrons. The Hall–Kier alpha value is -3.88. The Morgan fingerprint density at radius 3 is 2.63 bits per heavy atom. The highest BCUT2D eigenvalue weighted by atomic mass is 16.2. The number of H-pyrrole nitrogens is 1. The Bertz CT molecular complexity index is 1420. The van der Waals surface area contributed by atoms with E-state index in [1.807, 2.05) is 47.3 Å². The van der Waals surface area contributed by atoms with Crippen molar-refractivity contribution in [2.45, 2.75) is 77.8 Å². The molecule has 1 N–H and O–H groups in total. The van der Waals surface area contributed by atoms with Crippen LogP contribution in [-0.2, 0) is 17.8 Å². The van der Waals surface area contributed by atoms with E-state index in [9.17, 15) is 9.59 Å². The first kappa shape index (κ1) is 25.8. The van der Waals surface area contributed by atoms with Gasteiger partial charge in [-0.2, -0.15) is 5.21 Å². The van der Waals surface area contributed by atoms with E-state index in [-0.39, 0.29) is 17.4 Å². The lowest BCUT2D eigenvalue weighted by Gasteiger charge is -2.25. The van der Waals surface area contributed by atoms with Gasteiger partial charge < -0.3 is 0 Å². The molecule has 9 heteroatoms. The zero-order chi connectivity index (χ0) is 26.5. The van der Waals surface area contributed by atoms with Crippen LogP contribution in [0.3, 0.4) is 0 Å². The predicted octanol–water partition coefficient (Wildman–Crippen LogP) is 4.99. The monoisotopic (exact) mass is 513 g/mol. The molecule has 0 amide bonds. The van der Waals surface area contributed by atoms with Gasteiger partial charge in [-0.1, -0.05) is 57.4 Å². The number of tetrazole rings is 1. The molecule has 2 unspecified atom stereocenters. The molecule has 5 rings (SSSR count). The van der Waals surface area contributed by atoms with Crippen LogP contribution in [0, 0.1) is 5.92 Å². The molecule has 2 atom stereocenters. The minimum atomic E-state index is -0.393. The first-order chi connectivity index (χ1) is 18.6. The number of aromatic amines is 1. The van der Waals surface area contributed by atoms with E-state index in [4.69, 9.17) is 0 Å². The number of unbranched alkanes of at least 4 members (excludes halogenated alkanes) is 1. The number of hydrogen-bond donors (Lipinski definition) is 1. The summed E-state index contributed by atoms with van der Waals surface area (Å²) in [5.41, 5.74) is 4.71. The predicted molar refractivity (Wildman–Crippen MR) is 146 cm³/mol. The average molecular weight is 514 g/mol. The zero-order valence-electron chi connectivity index (χ0n) is 22.1. The van der Waals surface area contributed by atoms with Crippen LogP contribution in [0.2, 0.25) is 0 Å². The van der Waals surface area contributed by atoms with E-state index >= 15 is 0 Å². The Balaban J connectivity index is 1.51.